The van der Waals surface area contributed by atoms with Gasteiger partial charge in [0.05, 0.1) is 0 Å². The summed E-state index contributed by atoms with van der Waals surface area (Å²) in [6.07, 6.45) is 3.16. The van der Waals surface area contributed by atoms with Crippen LogP contribution in [0.5, 0.6) is 0 Å². The Morgan fingerprint density at radius 1 is 1.21 bits per heavy atom. The fraction of sp³-hybridized carbons (Fsp3) is 0.824. The first-order valence-corrected chi connectivity index (χ1v) is 9.62. The largest absolute Gasteiger partial charge is 0.458 e. The van der Waals surface area contributed by atoms with E-state index in [0.717, 1.165) is 32.4 Å². The van der Waals surface area contributed by atoms with Crippen LogP contribution in [0.1, 0.15) is 53.4 Å². The maximum Gasteiger partial charge on any atom is 0.331 e. The Morgan fingerprint density at radius 3 is 2.42 bits per heavy atom. The van der Waals surface area contributed by atoms with Crippen LogP contribution in [0.2, 0.25) is 0 Å². The molecular formula is C17H28N2O4S. The van der Waals surface area contributed by atoms with Gasteiger partial charge in [-0.2, -0.15) is 0 Å². The lowest BCUT2D eigenvalue weighted by molar-refractivity contribution is -0.184. The third-order valence-corrected chi connectivity index (χ3v) is 5.18. The number of hydrazine groups is 1. The van der Waals surface area contributed by atoms with Crippen LogP contribution < -0.4 is 0 Å². The fourth-order valence-corrected chi connectivity index (χ4v) is 3.94. The monoisotopic (exact) mass is 356 g/mol. The molecule has 0 bridgehead atoms. The van der Waals surface area contributed by atoms with E-state index in [4.69, 9.17) is 4.74 Å². The number of hydrogen-bond donors (Lipinski definition) is 0. The molecule has 2 saturated heterocycles. The van der Waals surface area contributed by atoms with Crippen LogP contribution in [-0.2, 0) is 19.1 Å². The predicted octanol–water partition coefficient (Wildman–Crippen LogP) is 2.23. The Labute approximate surface area is 148 Å². The van der Waals surface area contributed by atoms with Gasteiger partial charge in [-0.1, -0.05) is 11.8 Å². The summed E-state index contributed by atoms with van der Waals surface area (Å²) in [4.78, 5) is 36.9. The van der Waals surface area contributed by atoms with Gasteiger partial charge in [0.2, 0.25) is 5.91 Å². The zero-order chi connectivity index (χ0) is 17.9. The van der Waals surface area contributed by atoms with Crippen molar-refractivity contribution in [3.05, 3.63) is 0 Å². The second kappa shape index (κ2) is 7.87. The Bertz CT molecular complexity index is 503. The van der Waals surface area contributed by atoms with Crippen molar-refractivity contribution in [1.82, 2.24) is 10.0 Å². The molecule has 0 spiro atoms. The lowest BCUT2D eigenvalue weighted by atomic mass is 10.0. The van der Waals surface area contributed by atoms with E-state index < -0.39 is 11.6 Å². The van der Waals surface area contributed by atoms with Crippen LogP contribution in [0.4, 0.5) is 0 Å². The van der Waals surface area contributed by atoms with Crippen molar-refractivity contribution in [3.8, 4) is 0 Å². The van der Waals surface area contributed by atoms with Crippen LogP contribution in [0.25, 0.3) is 0 Å². The number of fused-ring (bicyclic) bond motifs is 1. The van der Waals surface area contributed by atoms with Crippen LogP contribution in [0.3, 0.4) is 0 Å². The van der Waals surface area contributed by atoms with Gasteiger partial charge in [0.25, 0.3) is 0 Å². The molecule has 136 valence electrons. The summed E-state index contributed by atoms with van der Waals surface area (Å²) in [5.74, 6) is -0.108. The Balaban J connectivity index is 2.16. The topological polar surface area (TPSA) is 66.9 Å². The molecular weight excluding hydrogens is 328 g/mol. The first kappa shape index (κ1) is 19.2. The third-order valence-electron chi connectivity index (χ3n) is 4.20. The highest BCUT2D eigenvalue weighted by Crippen LogP contribution is 2.29. The number of thioether (sulfide) groups is 1. The number of nitrogens with zero attached hydrogens (tertiary/aromatic N) is 2. The van der Waals surface area contributed by atoms with E-state index in [-0.39, 0.29) is 22.9 Å². The molecule has 6 nitrogen and oxygen atoms in total. The van der Waals surface area contributed by atoms with Gasteiger partial charge < -0.3 is 4.74 Å². The molecule has 0 unspecified atom stereocenters. The van der Waals surface area contributed by atoms with Crippen molar-refractivity contribution in [2.24, 2.45) is 5.92 Å². The van der Waals surface area contributed by atoms with Crippen molar-refractivity contribution < 1.29 is 19.1 Å². The molecule has 0 saturated carbocycles. The molecule has 2 fully saturated rings. The fourth-order valence-electron chi connectivity index (χ4n) is 3.20. The summed E-state index contributed by atoms with van der Waals surface area (Å²) in [7, 11) is 0. The van der Waals surface area contributed by atoms with Gasteiger partial charge in [0.15, 0.2) is 5.12 Å². The SMILES string of the molecule is CC(=O)SC[C@@H]1CCCN2CCC[C@@H](C(=O)OC(C)(C)C)N2C1=O. The zero-order valence-corrected chi connectivity index (χ0v) is 15.9. The third kappa shape index (κ3) is 4.96. The molecule has 0 aliphatic carbocycles. The van der Waals surface area contributed by atoms with Crippen molar-refractivity contribution in [2.75, 3.05) is 18.8 Å². The number of carbonyl (C=O) groups is 3. The first-order valence-electron chi connectivity index (χ1n) is 8.63. The molecule has 2 atom stereocenters. The number of carbonyl (C=O) groups excluding carboxylic acids is 3. The number of amides is 1. The summed E-state index contributed by atoms with van der Waals surface area (Å²) in [5, 5.41) is 3.65. The van der Waals surface area contributed by atoms with E-state index >= 15 is 0 Å². The molecule has 7 heteroatoms. The van der Waals surface area contributed by atoms with Crippen LogP contribution in [0, 0.1) is 5.92 Å². The standard InChI is InChI=1S/C17H28N2O4S/c1-12(20)24-11-13-7-5-9-18-10-6-8-14(19(18)15(13)21)16(22)23-17(2,3)4/h13-14H,5-11H2,1-4H3/t13-,14-/m0/s1. The molecule has 2 rings (SSSR count). The lowest BCUT2D eigenvalue weighted by Gasteiger charge is -2.43. The van der Waals surface area contributed by atoms with E-state index in [0.29, 0.717) is 12.2 Å². The average Bonchev–Trinajstić information content (AvgIpc) is 2.62. The highest BCUT2D eigenvalue weighted by atomic mass is 32.2. The predicted molar refractivity (Wildman–Crippen MR) is 93.1 cm³/mol. The quantitative estimate of drug-likeness (QED) is 0.723. The Hall–Kier alpha value is -1.08. The number of esters is 1. The van der Waals surface area contributed by atoms with E-state index in [9.17, 15) is 14.4 Å². The van der Waals surface area contributed by atoms with Gasteiger partial charge >= 0.3 is 5.97 Å². The minimum absolute atomic E-state index is 0.0197. The molecule has 24 heavy (non-hydrogen) atoms. The molecule has 0 aromatic heterocycles. The highest BCUT2D eigenvalue weighted by molar-refractivity contribution is 8.13. The van der Waals surface area contributed by atoms with Gasteiger partial charge in [0.1, 0.15) is 11.6 Å². The zero-order valence-electron chi connectivity index (χ0n) is 15.0. The maximum absolute atomic E-state index is 13.0. The molecule has 0 radical (unpaired) electrons. The summed E-state index contributed by atoms with van der Waals surface area (Å²) in [6.45, 7) is 8.58. The molecule has 2 heterocycles. The minimum atomic E-state index is -0.571. The van der Waals surface area contributed by atoms with Gasteiger partial charge in [-0.25, -0.2) is 9.80 Å². The average molecular weight is 356 g/mol. The molecule has 2 aliphatic rings. The van der Waals surface area contributed by atoms with E-state index in [1.807, 2.05) is 25.8 Å². The second-order valence-electron chi connectivity index (χ2n) is 7.47. The van der Waals surface area contributed by atoms with Crippen molar-refractivity contribution in [3.63, 3.8) is 0 Å². The summed E-state index contributed by atoms with van der Waals surface area (Å²) in [6, 6.07) is -0.548. The molecule has 2 aliphatic heterocycles. The van der Waals surface area contributed by atoms with Gasteiger partial charge in [-0.05, 0) is 46.5 Å². The van der Waals surface area contributed by atoms with Crippen molar-refractivity contribution in [2.45, 2.75) is 65.0 Å². The number of rotatable bonds is 3. The Morgan fingerprint density at radius 2 is 1.83 bits per heavy atom. The number of hydrogen-bond acceptors (Lipinski definition) is 6. The normalized spacial score (nSPS) is 25.8. The maximum atomic E-state index is 13.0. The second-order valence-corrected chi connectivity index (χ2v) is 8.67. The molecule has 1 amide bonds. The molecule has 0 N–H and O–H groups in total. The smallest absolute Gasteiger partial charge is 0.331 e. The molecule has 0 aromatic rings. The van der Waals surface area contributed by atoms with Crippen molar-refractivity contribution in [1.29, 1.82) is 0 Å². The minimum Gasteiger partial charge on any atom is -0.458 e. The first-order chi connectivity index (χ1) is 11.2. The highest BCUT2D eigenvalue weighted by Gasteiger charge is 2.42. The van der Waals surface area contributed by atoms with E-state index in [2.05, 4.69) is 0 Å². The van der Waals surface area contributed by atoms with Crippen LogP contribution in [0.15, 0.2) is 0 Å². The number of ether oxygens (including phenoxy) is 1. The van der Waals surface area contributed by atoms with E-state index in [1.54, 1.807) is 5.01 Å². The van der Waals surface area contributed by atoms with E-state index in [1.165, 1.54) is 18.7 Å². The summed E-state index contributed by atoms with van der Waals surface area (Å²) >= 11 is 1.19. The lowest BCUT2D eigenvalue weighted by Crippen LogP contribution is -2.59. The van der Waals surface area contributed by atoms with Gasteiger partial charge in [-0.15, -0.1) is 0 Å². The van der Waals surface area contributed by atoms with Crippen LogP contribution >= 0.6 is 11.8 Å². The summed E-state index contributed by atoms with van der Waals surface area (Å²) < 4.78 is 5.53. The van der Waals surface area contributed by atoms with Gasteiger partial charge in [0, 0.05) is 31.7 Å². The van der Waals surface area contributed by atoms with Gasteiger partial charge in [-0.3, -0.25) is 14.6 Å². The molecule has 0 aromatic carbocycles. The van der Waals surface area contributed by atoms with Crippen molar-refractivity contribution >= 4 is 28.8 Å². The summed E-state index contributed by atoms with van der Waals surface area (Å²) in [5.41, 5.74) is -0.571. The van der Waals surface area contributed by atoms with Crippen LogP contribution in [-0.4, -0.2) is 57.5 Å². The Kier molecular flexibility index (Phi) is 6.31.